The number of aromatic nitrogens is 2. The summed E-state index contributed by atoms with van der Waals surface area (Å²) < 4.78 is 10.4. The van der Waals surface area contributed by atoms with Crippen LogP contribution in [0.2, 0.25) is 0 Å². The van der Waals surface area contributed by atoms with Crippen LogP contribution in [0.15, 0.2) is 0 Å². The Morgan fingerprint density at radius 2 is 1.38 bits per heavy atom. The smallest absolute Gasteiger partial charge is 0.355 e. The maximum Gasteiger partial charge on any atom is 0.355 e. The third kappa shape index (κ3) is 4.16. The molecule has 2 heterocycles. The maximum atomic E-state index is 12.8. The number of nitrogens with one attached hydrogen (secondary N) is 2. The van der Waals surface area contributed by atoms with Gasteiger partial charge >= 0.3 is 11.9 Å². The van der Waals surface area contributed by atoms with Gasteiger partial charge in [0.25, 0.3) is 0 Å². The fourth-order valence-electron chi connectivity index (χ4n) is 3.46. The lowest BCUT2D eigenvalue weighted by atomic mass is 10.1. The van der Waals surface area contributed by atoms with Crippen LogP contribution in [0.5, 0.6) is 0 Å². The number of esters is 2. The summed E-state index contributed by atoms with van der Waals surface area (Å²) in [6.45, 7) is 11.4. The van der Waals surface area contributed by atoms with Crippen molar-refractivity contribution < 1.29 is 28.7 Å². The molecule has 8 heteroatoms. The highest BCUT2D eigenvalue weighted by Gasteiger charge is 2.29. The van der Waals surface area contributed by atoms with Gasteiger partial charge in [0.15, 0.2) is 11.9 Å². The van der Waals surface area contributed by atoms with Gasteiger partial charge in [0.1, 0.15) is 5.69 Å². The number of rotatable bonds is 7. The lowest BCUT2D eigenvalue weighted by molar-refractivity contribution is 0.0310. The highest BCUT2D eigenvalue weighted by atomic mass is 16.5. The fraction of sp³-hybridized carbons (Fsp3) is 0.429. The van der Waals surface area contributed by atoms with Gasteiger partial charge in [0.2, 0.25) is 5.78 Å². The van der Waals surface area contributed by atoms with E-state index in [0.717, 1.165) is 0 Å². The van der Waals surface area contributed by atoms with Crippen LogP contribution in [0.1, 0.15) is 85.0 Å². The van der Waals surface area contributed by atoms with E-state index in [1.165, 1.54) is 13.8 Å². The highest BCUT2D eigenvalue weighted by molar-refractivity contribution is 6.05. The summed E-state index contributed by atoms with van der Waals surface area (Å²) >= 11 is 0. The summed E-state index contributed by atoms with van der Waals surface area (Å²) in [5, 5.41) is 0. The van der Waals surface area contributed by atoms with Gasteiger partial charge in [-0.1, -0.05) is 0 Å². The van der Waals surface area contributed by atoms with Crippen molar-refractivity contribution in [3.8, 4) is 0 Å². The Kier molecular flexibility index (Phi) is 6.46. The molecule has 2 aromatic heterocycles. The molecule has 2 aromatic rings. The molecule has 2 rings (SSSR count). The topological polar surface area (TPSA) is 118 Å². The Hall–Kier alpha value is -3.16. The van der Waals surface area contributed by atoms with E-state index in [1.807, 2.05) is 0 Å². The molecule has 0 spiro atoms. The molecule has 2 N–H and O–H groups in total. The minimum absolute atomic E-state index is 0.138. The molecule has 0 aliphatic carbocycles. The predicted octanol–water partition coefficient (Wildman–Crippen LogP) is 3.38. The Morgan fingerprint density at radius 1 is 0.862 bits per heavy atom. The first-order chi connectivity index (χ1) is 13.5. The van der Waals surface area contributed by atoms with Crippen molar-refractivity contribution in [1.82, 2.24) is 9.97 Å². The van der Waals surface area contributed by atoms with Crippen molar-refractivity contribution >= 4 is 23.5 Å². The summed E-state index contributed by atoms with van der Waals surface area (Å²) in [7, 11) is 0. The zero-order chi connectivity index (χ0) is 22.0. The molecule has 1 atom stereocenters. The number of Topliss-reactive ketones (excluding diaryl/α,β-unsaturated/α-hetero) is 2. The lowest BCUT2D eigenvalue weighted by Gasteiger charge is -2.12. The van der Waals surface area contributed by atoms with Crippen LogP contribution in [-0.4, -0.2) is 46.2 Å². The quantitative estimate of drug-likeness (QED) is 0.541. The van der Waals surface area contributed by atoms with Gasteiger partial charge in [0, 0.05) is 17.0 Å². The van der Waals surface area contributed by atoms with E-state index >= 15 is 0 Å². The van der Waals surface area contributed by atoms with E-state index in [9.17, 15) is 19.2 Å². The molecule has 0 aliphatic rings. The largest absolute Gasteiger partial charge is 0.462 e. The number of ketones is 2. The first-order valence-corrected chi connectivity index (χ1v) is 9.32. The second kappa shape index (κ2) is 8.46. The molecule has 0 aromatic carbocycles. The van der Waals surface area contributed by atoms with Gasteiger partial charge < -0.3 is 19.4 Å². The molecule has 0 amide bonds. The van der Waals surface area contributed by atoms with E-state index in [1.54, 1.807) is 34.6 Å². The molecule has 29 heavy (non-hydrogen) atoms. The molecular weight excluding hydrogens is 376 g/mol. The molecule has 0 saturated carbocycles. The van der Waals surface area contributed by atoms with Gasteiger partial charge in [-0.25, -0.2) is 9.59 Å². The molecule has 8 nitrogen and oxygen atoms in total. The molecular formula is C21H26N2O6. The van der Waals surface area contributed by atoms with Crippen molar-refractivity contribution in [3.05, 3.63) is 45.0 Å². The van der Waals surface area contributed by atoms with E-state index in [-0.39, 0.29) is 23.8 Å². The number of aromatic amines is 2. The van der Waals surface area contributed by atoms with Gasteiger partial charge in [0.05, 0.1) is 17.9 Å². The Balaban J connectivity index is 2.25. The first-order valence-electron chi connectivity index (χ1n) is 9.32. The number of aryl methyl sites for hydroxylation is 2. The normalized spacial score (nSPS) is 11.8. The number of carbonyl (C=O) groups is 4. The molecule has 0 fully saturated rings. The summed E-state index contributed by atoms with van der Waals surface area (Å²) in [4.78, 5) is 55.0. The molecule has 1 unspecified atom stereocenters. The van der Waals surface area contributed by atoms with Crippen molar-refractivity contribution in [2.45, 2.75) is 54.6 Å². The summed E-state index contributed by atoms with van der Waals surface area (Å²) in [5.41, 5.74) is 3.06. The van der Waals surface area contributed by atoms with Crippen molar-refractivity contribution in [2.75, 3.05) is 6.61 Å². The monoisotopic (exact) mass is 402 g/mol. The van der Waals surface area contributed by atoms with Crippen LogP contribution in [0, 0.1) is 27.7 Å². The number of H-pyrrole nitrogens is 2. The molecule has 0 saturated heterocycles. The van der Waals surface area contributed by atoms with E-state index in [0.29, 0.717) is 33.6 Å². The minimum atomic E-state index is -1.10. The zero-order valence-electron chi connectivity index (χ0n) is 17.7. The van der Waals surface area contributed by atoms with Crippen LogP contribution in [0.3, 0.4) is 0 Å². The first kappa shape index (κ1) is 22.1. The molecule has 156 valence electrons. The van der Waals surface area contributed by atoms with Crippen LogP contribution in [0.4, 0.5) is 0 Å². The maximum absolute atomic E-state index is 12.8. The number of carbonyl (C=O) groups excluding carboxylic acids is 4. The summed E-state index contributed by atoms with van der Waals surface area (Å²) in [5.74, 6) is -1.88. The average molecular weight is 402 g/mol. The van der Waals surface area contributed by atoms with Crippen LogP contribution in [0.25, 0.3) is 0 Å². The van der Waals surface area contributed by atoms with Crippen molar-refractivity contribution in [1.29, 1.82) is 0 Å². The number of hydrogen-bond acceptors (Lipinski definition) is 6. The Morgan fingerprint density at radius 3 is 1.90 bits per heavy atom. The standard InChI is InChI=1S/C21H26N2O6/c1-8-28-20(26)16-10(3)17(22-12(16)5)19(25)14(7)29-21(27)18-9(2)15(13(6)24)11(4)23-18/h14,22-23H,8H2,1-7H3. The molecule has 0 bridgehead atoms. The third-order valence-electron chi connectivity index (χ3n) is 4.81. The SMILES string of the molecule is CCOC(=O)c1c(C)[nH]c(C(=O)C(C)OC(=O)c2[nH]c(C)c(C(C)=O)c2C)c1C. The lowest BCUT2D eigenvalue weighted by Crippen LogP contribution is -2.26. The second-order valence-corrected chi connectivity index (χ2v) is 6.94. The van der Waals surface area contributed by atoms with E-state index in [2.05, 4.69) is 9.97 Å². The number of ether oxygens (including phenoxy) is 2. The van der Waals surface area contributed by atoms with E-state index in [4.69, 9.17) is 9.47 Å². The second-order valence-electron chi connectivity index (χ2n) is 6.94. The summed E-state index contributed by atoms with van der Waals surface area (Å²) in [6.07, 6.45) is -1.10. The number of hydrogen-bond donors (Lipinski definition) is 2. The summed E-state index contributed by atoms with van der Waals surface area (Å²) in [6, 6.07) is 0. The third-order valence-corrected chi connectivity index (χ3v) is 4.81. The van der Waals surface area contributed by atoms with Gasteiger partial charge in [-0.2, -0.15) is 0 Å². The Bertz CT molecular complexity index is 995. The molecule has 0 radical (unpaired) electrons. The van der Waals surface area contributed by atoms with E-state index < -0.39 is 23.8 Å². The zero-order valence-corrected chi connectivity index (χ0v) is 17.7. The molecule has 0 aliphatic heterocycles. The van der Waals surface area contributed by atoms with Gasteiger partial charge in [-0.3, -0.25) is 9.59 Å². The predicted molar refractivity (Wildman–Crippen MR) is 106 cm³/mol. The highest BCUT2D eigenvalue weighted by Crippen LogP contribution is 2.23. The minimum Gasteiger partial charge on any atom is -0.462 e. The average Bonchev–Trinajstić information content (AvgIpc) is 3.09. The van der Waals surface area contributed by atoms with Crippen LogP contribution < -0.4 is 0 Å². The van der Waals surface area contributed by atoms with Crippen molar-refractivity contribution in [3.63, 3.8) is 0 Å². The van der Waals surface area contributed by atoms with Crippen molar-refractivity contribution in [2.24, 2.45) is 0 Å². The van der Waals surface area contributed by atoms with Crippen LogP contribution in [-0.2, 0) is 9.47 Å². The van der Waals surface area contributed by atoms with Crippen LogP contribution >= 0.6 is 0 Å². The van der Waals surface area contributed by atoms with Gasteiger partial charge in [-0.05, 0) is 59.6 Å². The Labute approximate surface area is 169 Å². The fourth-order valence-corrected chi connectivity index (χ4v) is 3.46. The van der Waals surface area contributed by atoms with Gasteiger partial charge in [-0.15, -0.1) is 0 Å².